The fourth-order valence-electron chi connectivity index (χ4n) is 3.14. The lowest BCUT2D eigenvalue weighted by molar-refractivity contribution is -0.111. The van der Waals surface area contributed by atoms with Gasteiger partial charge in [0.25, 0.3) is 11.9 Å². The van der Waals surface area contributed by atoms with E-state index in [4.69, 9.17) is 9.47 Å². The molecule has 150 valence electrons. The van der Waals surface area contributed by atoms with Crippen LogP contribution < -0.4 is 14.8 Å². The molecule has 2 aromatic heterocycles. The maximum Gasteiger partial charge on any atom is 0.250 e. The summed E-state index contributed by atoms with van der Waals surface area (Å²) in [5, 5.41) is 9.16. The second-order valence-electron chi connectivity index (χ2n) is 6.84. The van der Waals surface area contributed by atoms with Gasteiger partial charge in [0.1, 0.15) is 13.2 Å². The zero-order valence-corrected chi connectivity index (χ0v) is 17.0. The molecule has 0 atom stereocenters. The summed E-state index contributed by atoms with van der Waals surface area (Å²) in [6.45, 7) is 3.12. The summed E-state index contributed by atoms with van der Waals surface area (Å²) in [5.41, 5.74) is 4.03. The zero-order valence-electron chi connectivity index (χ0n) is 16.2. The van der Waals surface area contributed by atoms with Gasteiger partial charge in [-0.15, -0.1) is 16.4 Å². The predicted octanol–water partition coefficient (Wildman–Crippen LogP) is 4.19. The van der Waals surface area contributed by atoms with E-state index < -0.39 is 0 Å². The summed E-state index contributed by atoms with van der Waals surface area (Å²) in [5.74, 6) is 1.37. The minimum atomic E-state index is -0.306. The van der Waals surface area contributed by atoms with E-state index in [1.54, 1.807) is 10.6 Å². The fraction of sp³-hybridized carbons (Fsp3) is 0.136. The Hall–Kier alpha value is -3.65. The molecule has 0 unspecified atom stereocenters. The molecule has 1 aliphatic rings. The van der Waals surface area contributed by atoms with Crippen LogP contribution in [0.2, 0.25) is 0 Å². The van der Waals surface area contributed by atoms with Crippen LogP contribution in [0.5, 0.6) is 11.5 Å². The number of rotatable bonds is 4. The van der Waals surface area contributed by atoms with Crippen molar-refractivity contribution in [2.75, 3.05) is 18.5 Å². The smallest absolute Gasteiger partial charge is 0.250 e. The molecule has 1 amide bonds. The highest BCUT2D eigenvalue weighted by Gasteiger charge is 2.13. The number of hydrogen-bond donors (Lipinski definition) is 1. The molecule has 0 saturated heterocycles. The lowest BCUT2D eigenvalue weighted by atomic mass is 10.1. The monoisotopic (exact) mass is 418 g/mol. The second kappa shape index (κ2) is 7.64. The van der Waals surface area contributed by atoms with Crippen molar-refractivity contribution >= 4 is 34.2 Å². The molecule has 2 aromatic carbocycles. The third-order valence-corrected chi connectivity index (χ3v) is 5.47. The number of aryl methyl sites for hydroxylation is 1. The number of thiazole rings is 1. The predicted molar refractivity (Wildman–Crippen MR) is 116 cm³/mol. The van der Waals surface area contributed by atoms with E-state index in [9.17, 15) is 4.79 Å². The fourth-order valence-corrected chi connectivity index (χ4v) is 3.98. The number of aromatic nitrogens is 3. The SMILES string of the molecule is Cc1ccc(-c2csc3nc(NC(=O)/C=C\c4ccc5c(c4)OCCO5)nn23)cc1. The molecule has 0 aliphatic carbocycles. The van der Waals surface area contributed by atoms with Gasteiger partial charge in [-0.05, 0) is 30.7 Å². The molecule has 7 nitrogen and oxygen atoms in total. The third-order valence-electron chi connectivity index (χ3n) is 4.66. The standard InChI is InChI=1S/C22H18N4O3S/c1-14-2-6-16(7-3-14)17-13-30-22-24-21(25-26(17)22)23-20(27)9-5-15-4-8-18-19(12-15)29-11-10-28-18/h2-9,12-13H,10-11H2,1H3,(H,23,25,27)/b9-5-. The minimum Gasteiger partial charge on any atom is -0.486 e. The molecule has 30 heavy (non-hydrogen) atoms. The van der Waals surface area contributed by atoms with Gasteiger partial charge in [-0.1, -0.05) is 35.9 Å². The molecule has 0 radical (unpaired) electrons. The Morgan fingerprint density at radius 1 is 1.13 bits per heavy atom. The quantitative estimate of drug-likeness (QED) is 0.503. The van der Waals surface area contributed by atoms with Crippen LogP contribution in [0.1, 0.15) is 11.1 Å². The Morgan fingerprint density at radius 2 is 1.93 bits per heavy atom. The van der Waals surface area contributed by atoms with Crippen LogP contribution in [0.15, 0.2) is 53.9 Å². The summed E-state index contributed by atoms with van der Waals surface area (Å²) in [7, 11) is 0. The molecule has 1 N–H and O–H groups in total. The number of ether oxygens (including phenoxy) is 2. The van der Waals surface area contributed by atoms with Crippen molar-refractivity contribution in [2.45, 2.75) is 6.92 Å². The van der Waals surface area contributed by atoms with Gasteiger partial charge in [0.15, 0.2) is 11.5 Å². The first-order valence-electron chi connectivity index (χ1n) is 9.46. The maximum atomic E-state index is 12.3. The van der Waals surface area contributed by atoms with Crippen LogP contribution in [0, 0.1) is 6.92 Å². The first-order chi connectivity index (χ1) is 14.7. The van der Waals surface area contributed by atoms with E-state index in [2.05, 4.69) is 34.5 Å². The Labute approximate surface area is 176 Å². The van der Waals surface area contributed by atoms with E-state index in [-0.39, 0.29) is 11.9 Å². The second-order valence-corrected chi connectivity index (χ2v) is 7.68. The van der Waals surface area contributed by atoms with Crippen LogP contribution >= 0.6 is 11.3 Å². The number of carbonyl (C=O) groups excluding carboxylic acids is 1. The summed E-state index contributed by atoms with van der Waals surface area (Å²) in [4.78, 5) is 17.4. The third kappa shape index (κ3) is 3.65. The number of benzene rings is 2. The number of anilines is 1. The van der Waals surface area contributed by atoms with Gasteiger partial charge >= 0.3 is 0 Å². The van der Waals surface area contributed by atoms with Crippen molar-refractivity contribution in [3.8, 4) is 22.8 Å². The molecular weight excluding hydrogens is 400 g/mol. The Balaban J connectivity index is 1.31. The molecular formula is C22H18N4O3S. The van der Waals surface area contributed by atoms with Crippen LogP contribution in [-0.4, -0.2) is 33.7 Å². The van der Waals surface area contributed by atoms with Crippen molar-refractivity contribution in [1.82, 2.24) is 14.6 Å². The van der Waals surface area contributed by atoms with Crippen LogP contribution in [0.3, 0.4) is 0 Å². The zero-order chi connectivity index (χ0) is 20.5. The lowest BCUT2D eigenvalue weighted by Gasteiger charge is -2.18. The highest BCUT2D eigenvalue weighted by molar-refractivity contribution is 7.15. The maximum absolute atomic E-state index is 12.3. The van der Waals surface area contributed by atoms with E-state index in [1.807, 2.05) is 35.7 Å². The Kier molecular flexibility index (Phi) is 4.68. The summed E-state index contributed by atoms with van der Waals surface area (Å²) in [6.07, 6.45) is 3.16. The molecule has 8 heteroatoms. The molecule has 4 aromatic rings. The van der Waals surface area contributed by atoms with Crippen LogP contribution in [-0.2, 0) is 4.79 Å². The Bertz CT molecular complexity index is 1260. The molecule has 3 heterocycles. The van der Waals surface area contributed by atoms with E-state index in [0.717, 1.165) is 27.5 Å². The van der Waals surface area contributed by atoms with E-state index in [0.29, 0.717) is 19.0 Å². The van der Waals surface area contributed by atoms with Gasteiger partial charge < -0.3 is 9.47 Å². The average molecular weight is 418 g/mol. The first kappa shape index (κ1) is 18.4. The van der Waals surface area contributed by atoms with Crippen molar-refractivity contribution < 1.29 is 14.3 Å². The van der Waals surface area contributed by atoms with Gasteiger partial charge in [0.2, 0.25) is 4.96 Å². The summed E-state index contributed by atoms with van der Waals surface area (Å²) < 4.78 is 12.8. The van der Waals surface area contributed by atoms with E-state index >= 15 is 0 Å². The normalized spacial score (nSPS) is 13.1. The van der Waals surface area contributed by atoms with Gasteiger partial charge in [-0.25, -0.2) is 4.52 Å². The summed E-state index contributed by atoms with van der Waals surface area (Å²) in [6, 6.07) is 13.8. The molecule has 0 saturated carbocycles. The molecule has 1 aliphatic heterocycles. The van der Waals surface area contributed by atoms with Crippen molar-refractivity contribution in [1.29, 1.82) is 0 Å². The molecule has 5 rings (SSSR count). The number of hydrogen-bond acceptors (Lipinski definition) is 6. The molecule has 0 spiro atoms. The number of amides is 1. The van der Waals surface area contributed by atoms with Gasteiger partial charge in [-0.2, -0.15) is 4.98 Å². The Morgan fingerprint density at radius 3 is 2.77 bits per heavy atom. The van der Waals surface area contributed by atoms with Crippen LogP contribution in [0.25, 0.3) is 22.3 Å². The van der Waals surface area contributed by atoms with E-state index in [1.165, 1.54) is 23.0 Å². The lowest BCUT2D eigenvalue weighted by Crippen LogP contribution is -2.15. The van der Waals surface area contributed by atoms with Crippen molar-refractivity contribution in [2.24, 2.45) is 0 Å². The molecule has 0 bridgehead atoms. The number of nitrogens with zero attached hydrogens (tertiary/aromatic N) is 3. The van der Waals surface area contributed by atoms with Gasteiger partial charge in [0.05, 0.1) is 5.69 Å². The largest absolute Gasteiger partial charge is 0.486 e. The minimum absolute atomic E-state index is 0.270. The number of fused-ring (bicyclic) bond motifs is 2. The van der Waals surface area contributed by atoms with Crippen molar-refractivity contribution in [3.63, 3.8) is 0 Å². The molecule has 0 fully saturated rings. The van der Waals surface area contributed by atoms with Crippen molar-refractivity contribution in [3.05, 3.63) is 65.0 Å². The van der Waals surface area contributed by atoms with Crippen LogP contribution in [0.4, 0.5) is 5.95 Å². The first-order valence-corrected chi connectivity index (χ1v) is 10.3. The van der Waals surface area contributed by atoms with Gasteiger partial charge in [-0.3, -0.25) is 10.1 Å². The number of carbonyl (C=O) groups is 1. The van der Waals surface area contributed by atoms with Gasteiger partial charge in [0, 0.05) is 17.0 Å². The highest BCUT2D eigenvalue weighted by atomic mass is 32.1. The summed E-state index contributed by atoms with van der Waals surface area (Å²) >= 11 is 1.48. The number of nitrogens with one attached hydrogen (secondary N) is 1. The topological polar surface area (TPSA) is 77.8 Å². The average Bonchev–Trinajstić information content (AvgIpc) is 3.33. The highest BCUT2D eigenvalue weighted by Crippen LogP contribution is 2.31.